The van der Waals surface area contributed by atoms with E-state index in [2.05, 4.69) is 15.9 Å². The highest BCUT2D eigenvalue weighted by Crippen LogP contribution is 2.50. The molecule has 1 heterocycles. The predicted octanol–water partition coefficient (Wildman–Crippen LogP) is 5.01. The van der Waals surface area contributed by atoms with Gasteiger partial charge in [0.1, 0.15) is 17.1 Å². The number of nitro groups is 1. The Morgan fingerprint density at radius 1 is 1.22 bits per heavy atom. The van der Waals surface area contributed by atoms with Gasteiger partial charge >= 0.3 is 0 Å². The van der Waals surface area contributed by atoms with E-state index in [1.54, 1.807) is 24.3 Å². The molecular weight excluding hydrogens is 507 g/mol. The first-order valence-corrected chi connectivity index (χ1v) is 10.5. The predicted molar refractivity (Wildman–Crippen MR) is 118 cm³/mol. The number of rotatable bonds is 5. The van der Waals surface area contributed by atoms with E-state index >= 15 is 0 Å². The van der Waals surface area contributed by atoms with Crippen LogP contribution in [0.25, 0.3) is 0 Å². The molecule has 1 N–H and O–H groups in total. The molecule has 164 valence electrons. The lowest BCUT2D eigenvalue weighted by Gasteiger charge is -2.35. The number of nitrogens with zero attached hydrogens (tertiary/aromatic N) is 2. The summed E-state index contributed by atoms with van der Waals surface area (Å²) in [6.45, 7) is -0.129. The average Bonchev–Trinajstić information content (AvgIpc) is 2.98. The molecule has 3 aromatic carbocycles. The number of carbonyl (C=O) groups excluding carboxylic acids is 1. The molecule has 3 aromatic rings. The lowest BCUT2D eigenvalue weighted by atomic mass is 9.92. The summed E-state index contributed by atoms with van der Waals surface area (Å²) in [6.07, 6.45) is 0. The fourth-order valence-corrected chi connectivity index (χ4v) is 4.57. The fraction of sp³-hybridized carbons (Fsp3) is 0.136. The van der Waals surface area contributed by atoms with Gasteiger partial charge in [0.05, 0.1) is 22.1 Å². The average molecular weight is 522 g/mol. The Labute approximate surface area is 195 Å². The first-order valence-electron chi connectivity index (χ1n) is 9.28. The molecular formula is C22H15BrClFN2O5. The molecule has 1 aliphatic heterocycles. The number of halogens is 3. The van der Waals surface area contributed by atoms with E-state index in [1.807, 2.05) is 0 Å². The van der Waals surface area contributed by atoms with Gasteiger partial charge in [-0.2, -0.15) is 0 Å². The van der Waals surface area contributed by atoms with Gasteiger partial charge in [-0.05, 0) is 64.0 Å². The number of hydrogen-bond acceptors (Lipinski definition) is 5. The van der Waals surface area contributed by atoms with Crippen LogP contribution in [0.1, 0.15) is 27.0 Å². The van der Waals surface area contributed by atoms with Gasteiger partial charge in [-0.15, -0.1) is 0 Å². The van der Waals surface area contributed by atoms with Crippen molar-refractivity contribution in [2.45, 2.75) is 12.3 Å². The number of hydrogen-bond donors (Lipinski definition) is 1. The number of benzene rings is 3. The molecule has 1 amide bonds. The van der Waals surface area contributed by atoms with Crippen molar-refractivity contribution in [1.82, 2.24) is 4.90 Å². The van der Waals surface area contributed by atoms with E-state index in [0.29, 0.717) is 11.3 Å². The van der Waals surface area contributed by atoms with Crippen LogP contribution in [-0.2, 0) is 12.3 Å². The Morgan fingerprint density at radius 2 is 1.91 bits per heavy atom. The maximum absolute atomic E-state index is 14.2. The standard InChI is InChI=1S/C22H15BrClFN2O5/c1-32-14-5-2-12(3-6-14)11-26-21(28)15-7-8-17(23)20(27(30)31)19(15)22(26,29)16-10-13(25)4-9-18(16)24/h2-10,29H,11H2,1H3. The van der Waals surface area contributed by atoms with Crippen LogP contribution >= 0.6 is 27.5 Å². The molecule has 0 saturated heterocycles. The number of aliphatic hydroxyl groups is 1. The van der Waals surface area contributed by atoms with Crippen molar-refractivity contribution in [3.05, 3.63) is 102 Å². The van der Waals surface area contributed by atoms with Gasteiger partial charge < -0.3 is 9.84 Å². The van der Waals surface area contributed by atoms with Crippen LogP contribution in [0.5, 0.6) is 5.75 Å². The maximum Gasteiger partial charge on any atom is 0.292 e. The van der Waals surface area contributed by atoms with E-state index in [-0.39, 0.29) is 32.7 Å². The lowest BCUT2D eigenvalue weighted by Crippen LogP contribution is -2.44. The lowest BCUT2D eigenvalue weighted by molar-refractivity contribution is -0.387. The van der Waals surface area contributed by atoms with Crippen LogP contribution < -0.4 is 4.74 Å². The molecule has 0 spiro atoms. The second kappa shape index (κ2) is 8.16. The minimum Gasteiger partial charge on any atom is -0.497 e. The highest BCUT2D eigenvalue weighted by atomic mass is 79.9. The van der Waals surface area contributed by atoms with E-state index in [0.717, 1.165) is 17.0 Å². The molecule has 4 rings (SSSR count). The highest BCUT2D eigenvalue weighted by molar-refractivity contribution is 9.10. The first kappa shape index (κ1) is 22.2. The molecule has 0 saturated carbocycles. The van der Waals surface area contributed by atoms with Crippen molar-refractivity contribution in [1.29, 1.82) is 0 Å². The molecule has 0 aromatic heterocycles. The van der Waals surface area contributed by atoms with Crippen molar-refractivity contribution in [3.63, 3.8) is 0 Å². The summed E-state index contributed by atoms with van der Waals surface area (Å²) in [5.41, 5.74) is -2.81. The van der Waals surface area contributed by atoms with Crippen molar-refractivity contribution in [2.24, 2.45) is 0 Å². The SMILES string of the molecule is COc1ccc(CN2C(=O)c3ccc(Br)c([N+](=O)[O-])c3C2(O)c2cc(F)ccc2Cl)cc1. The summed E-state index contributed by atoms with van der Waals surface area (Å²) in [6, 6.07) is 12.8. The van der Waals surface area contributed by atoms with Crippen molar-refractivity contribution in [2.75, 3.05) is 7.11 Å². The first-order chi connectivity index (χ1) is 15.2. The van der Waals surface area contributed by atoms with Gasteiger partial charge in [-0.1, -0.05) is 23.7 Å². The number of methoxy groups -OCH3 is 1. The second-order valence-corrected chi connectivity index (χ2v) is 8.37. The molecule has 1 aliphatic rings. The Morgan fingerprint density at radius 3 is 2.53 bits per heavy atom. The van der Waals surface area contributed by atoms with Crippen LogP contribution in [0.2, 0.25) is 5.02 Å². The van der Waals surface area contributed by atoms with Gasteiger partial charge in [-0.3, -0.25) is 19.8 Å². The molecule has 32 heavy (non-hydrogen) atoms. The van der Waals surface area contributed by atoms with Gasteiger partial charge in [0, 0.05) is 17.1 Å². The molecule has 1 atom stereocenters. The summed E-state index contributed by atoms with van der Waals surface area (Å²) in [4.78, 5) is 25.6. The van der Waals surface area contributed by atoms with Crippen LogP contribution in [0.4, 0.5) is 10.1 Å². The molecule has 10 heteroatoms. The van der Waals surface area contributed by atoms with Crippen molar-refractivity contribution in [3.8, 4) is 5.75 Å². The van der Waals surface area contributed by atoms with Gasteiger partial charge in [0.2, 0.25) is 5.72 Å². The molecule has 7 nitrogen and oxygen atoms in total. The Bertz CT molecular complexity index is 1250. The molecule has 1 unspecified atom stereocenters. The quantitative estimate of drug-likeness (QED) is 0.376. The summed E-state index contributed by atoms with van der Waals surface area (Å²) < 4.78 is 19.4. The Balaban J connectivity index is 1.98. The van der Waals surface area contributed by atoms with E-state index < -0.39 is 28.1 Å². The van der Waals surface area contributed by atoms with E-state index in [4.69, 9.17) is 16.3 Å². The molecule has 0 radical (unpaired) electrons. The second-order valence-electron chi connectivity index (χ2n) is 7.11. The minimum absolute atomic E-state index is 0.0523. The molecule has 0 aliphatic carbocycles. The summed E-state index contributed by atoms with van der Waals surface area (Å²) in [5, 5.41) is 23.8. The topological polar surface area (TPSA) is 92.9 Å². The third-order valence-corrected chi connectivity index (χ3v) is 6.30. The van der Waals surface area contributed by atoms with Crippen LogP contribution in [0.3, 0.4) is 0 Å². The van der Waals surface area contributed by atoms with Crippen molar-refractivity contribution >= 4 is 39.1 Å². The van der Waals surface area contributed by atoms with Crippen molar-refractivity contribution < 1.29 is 24.0 Å². The largest absolute Gasteiger partial charge is 0.497 e. The zero-order valence-corrected chi connectivity index (χ0v) is 18.9. The normalized spacial score (nSPS) is 17.4. The van der Waals surface area contributed by atoms with E-state index in [1.165, 1.54) is 25.3 Å². The zero-order valence-electron chi connectivity index (χ0n) is 16.5. The van der Waals surface area contributed by atoms with E-state index in [9.17, 15) is 24.4 Å². The summed E-state index contributed by atoms with van der Waals surface area (Å²) in [7, 11) is 1.51. The third-order valence-electron chi connectivity index (χ3n) is 5.33. The molecule has 0 fully saturated rings. The van der Waals surface area contributed by atoms with Crippen LogP contribution in [0, 0.1) is 15.9 Å². The Hall–Kier alpha value is -3.01. The highest BCUT2D eigenvalue weighted by Gasteiger charge is 2.55. The number of nitro benzene ring substituents is 1. The van der Waals surface area contributed by atoms with Gasteiger partial charge in [0.15, 0.2) is 0 Å². The van der Waals surface area contributed by atoms with Crippen LogP contribution in [-0.4, -0.2) is 27.9 Å². The number of ether oxygens (including phenoxy) is 1. The fourth-order valence-electron chi connectivity index (χ4n) is 3.85. The minimum atomic E-state index is -2.39. The Kier molecular flexibility index (Phi) is 5.66. The number of amides is 1. The van der Waals surface area contributed by atoms with Gasteiger partial charge in [-0.25, -0.2) is 4.39 Å². The monoisotopic (exact) mass is 520 g/mol. The molecule has 0 bridgehead atoms. The number of fused-ring (bicyclic) bond motifs is 1. The summed E-state index contributed by atoms with van der Waals surface area (Å²) in [5.74, 6) is -0.789. The smallest absolute Gasteiger partial charge is 0.292 e. The maximum atomic E-state index is 14.2. The summed E-state index contributed by atoms with van der Waals surface area (Å²) >= 11 is 9.42. The number of carbonyl (C=O) groups is 1. The zero-order chi connectivity index (χ0) is 23.2. The van der Waals surface area contributed by atoms with Gasteiger partial charge in [0.25, 0.3) is 11.6 Å². The van der Waals surface area contributed by atoms with Crippen LogP contribution in [0.15, 0.2) is 59.1 Å². The third kappa shape index (κ3) is 3.42.